The summed E-state index contributed by atoms with van der Waals surface area (Å²) in [6.07, 6.45) is -1.30. The normalized spacial score (nSPS) is 12.0. The van der Waals surface area contributed by atoms with E-state index >= 15 is 0 Å². The fourth-order valence-electron chi connectivity index (χ4n) is 2.80. The summed E-state index contributed by atoms with van der Waals surface area (Å²) >= 11 is 0. The minimum Gasteiger partial charge on any atom is -0.484 e. The van der Waals surface area contributed by atoms with Crippen LogP contribution in [0, 0.1) is 6.92 Å². The average Bonchev–Trinajstić information content (AvgIpc) is 3.28. The number of aliphatic imine (C=N–C) groups is 1. The third-order valence-electron chi connectivity index (χ3n) is 4.36. The van der Waals surface area contributed by atoms with Crippen molar-refractivity contribution in [3.63, 3.8) is 0 Å². The number of nitrogens with one attached hydrogen (secondary N) is 2. The van der Waals surface area contributed by atoms with Crippen LogP contribution in [0.5, 0.6) is 5.75 Å². The van der Waals surface area contributed by atoms with Crippen LogP contribution in [0.25, 0.3) is 5.69 Å². The third kappa shape index (κ3) is 6.73. The van der Waals surface area contributed by atoms with Gasteiger partial charge in [-0.3, -0.25) is 4.99 Å². The number of aromatic nitrogens is 3. The molecular formula is C21H23F3N6O. The van der Waals surface area contributed by atoms with Crippen molar-refractivity contribution >= 4 is 5.96 Å². The standard InChI is InChI=1S/C21H23F3N6O/c1-15-3-6-17(19(9-15)31-12-21(22,23)24)11-28-20(25-2)27-10-16-4-7-18(8-5-16)30-14-26-13-29-30/h3-9,13-14H,10-12H2,1-2H3,(H2,25,27,28). The second-order valence-electron chi connectivity index (χ2n) is 6.80. The lowest BCUT2D eigenvalue weighted by molar-refractivity contribution is -0.153. The summed E-state index contributed by atoms with van der Waals surface area (Å²) in [5, 5.41) is 10.4. The van der Waals surface area contributed by atoms with Crippen molar-refractivity contribution < 1.29 is 17.9 Å². The zero-order valence-corrected chi connectivity index (χ0v) is 17.1. The largest absolute Gasteiger partial charge is 0.484 e. The highest BCUT2D eigenvalue weighted by molar-refractivity contribution is 5.79. The summed E-state index contributed by atoms with van der Waals surface area (Å²) in [7, 11) is 1.62. The van der Waals surface area contributed by atoms with Crippen LogP contribution in [0.4, 0.5) is 13.2 Å². The Hall–Kier alpha value is -3.56. The number of hydrogen-bond acceptors (Lipinski definition) is 4. The first kappa shape index (κ1) is 22.1. The van der Waals surface area contributed by atoms with Crippen molar-refractivity contribution in [1.29, 1.82) is 0 Å². The van der Waals surface area contributed by atoms with Crippen LogP contribution in [0.2, 0.25) is 0 Å². The Kier molecular flexibility index (Phi) is 7.11. The van der Waals surface area contributed by atoms with Crippen LogP contribution >= 0.6 is 0 Å². The van der Waals surface area contributed by atoms with Crippen LogP contribution in [0.15, 0.2) is 60.1 Å². The van der Waals surface area contributed by atoms with E-state index in [1.807, 2.05) is 30.3 Å². The van der Waals surface area contributed by atoms with Crippen molar-refractivity contribution in [2.75, 3.05) is 13.7 Å². The molecule has 0 saturated heterocycles. The van der Waals surface area contributed by atoms with Crippen molar-refractivity contribution in [3.05, 3.63) is 71.8 Å². The van der Waals surface area contributed by atoms with E-state index in [-0.39, 0.29) is 12.3 Å². The van der Waals surface area contributed by atoms with Gasteiger partial charge in [-0.05, 0) is 36.2 Å². The molecule has 0 radical (unpaired) electrons. The van der Waals surface area contributed by atoms with E-state index in [0.29, 0.717) is 18.1 Å². The van der Waals surface area contributed by atoms with E-state index in [0.717, 1.165) is 16.8 Å². The van der Waals surface area contributed by atoms with Crippen molar-refractivity contribution in [1.82, 2.24) is 25.4 Å². The number of alkyl halides is 3. The zero-order chi connectivity index (χ0) is 22.3. The first-order chi connectivity index (χ1) is 14.8. The topological polar surface area (TPSA) is 76.4 Å². The van der Waals surface area contributed by atoms with E-state index in [2.05, 4.69) is 25.7 Å². The Bertz CT molecular complexity index is 1000. The Balaban J connectivity index is 1.56. The Labute approximate surface area is 178 Å². The molecule has 164 valence electrons. The molecule has 31 heavy (non-hydrogen) atoms. The molecule has 0 atom stereocenters. The molecule has 7 nitrogen and oxygen atoms in total. The van der Waals surface area contributed by atoms with Crippen LogP contribution in [-0.4, -0.2) is 40.6 Å². The molecule has 1 heterocycles. The second kappa shape index (κ2) is 9.96. The van der Waals surface area contributed by atoms with Gasteiger partial charge in [-0.2, -0.15) is 18.3 Å². The summed E-state index contributed by atoms with van der Waals surface area (Å²) in [6.45, 7) is 1.24. The summed E-state index contributed by atoms with van der Waals surface area (Å²) in [4.78, 5) is 8.08. The fraction of sp³-hybridized carbons (Fsp3) is 0.286. The van der Waals surface area contributed by atoms with E-state index in [1.54, 1.807) is 37.1 Å². The highest BCUT2D eigenvalue weighted by Gasteiger charge is 2.28. The van der Waals surface area contributed by atoms with Gasteiger partial charge < -0.3 is 15.4 Å². The minimum atomic E-state index is -4.39. The summed E-state index contributed by atoms with van der Waals surface area (Å²) in [6, 6.07) is 12.9. The molecule has 0 saturated carbocycles. The van der Waals surface area contributed by atoms with Gasteiger partial charge in [0.2, 0.25) is 0 Å². The van der Waals surface area contributed by atoms with Crippen LogP contribution < -0.4 is 15.4 Å². The monoisotopic (exact) mass is 432 g/mol. The molecule has 10 heteroatoms. The van der Waals surface area contributed by atoms with Gasteiger partial charge in [0.1, 0.15) is 18.4 Å². The van der Waals surface area contributed by atoms with E-state index in [1.165, 1.54) is 6.33 Å². The number of nitrogens with zero attached hydrogens (tertiary/aromatic N) is 4. The van der Waals surface area contributed by atoms with Crippen LogP contribution in [-0.2, 0) is 13.1 Å². The number of guanidine groups is 1. The molecule has 2 N–H and O–H groups in total. The smallest absolute Gasteiger partial charge is 0.422 e. The molecule has 0 fully saturated rings. The number of aryl methyl sites for hydroxylation is 1. The molecule has 0 spiro atoms. The third-order valence-corrected chi connectivity index (χ3v) is 4.36. The van der Waals surface area contributed by atoms with Gasteiger partial charge in [0.25, 0.3) is 0 Å². The van der Waals surface area contributed by atoms with Gasteiger partial charge in [0, 0.05) is 25.7 Å². The van der Waals surface area contributed by atoms with E-state index in [4.69, 9.17) is 4.74 Å². The summed E-state index contributed by atoms with van der Waals surface area (Å²) in [5.74, 6) is 0.715. The molecule has 1 aromatic heterocycles. The lowest BCUT2D eigenvalue weighted by Gasteiger charge is -2.16. The van der Waals surface area contributed by atoms with Gasteiger partial charge in [0.05, 0.1) is 5.69 Å². The molecular weight excluding hydrogens is 409 g/mol. The van der Waals surface area contributed by atoms with E-state index in [9.17, 15) is 13.2 Å². The zero-order valence-electron chi connectivity index (χ0n) is 17.1. The Morgan fingerprint density at radius 3 is 2.48 bits per heavy atom. The van der Waals surface area contributed by atoms with Crippen molar-refractivity contribution in [2.24, 2.45) is 4.99 Å². The SMILES string of the molecule is CN=C(NCc1ccc(-n2cncn2)cc1)NCc1ccc(C)cc1OCC(F)(F)F. The lowest BCUT2D eigenvalue weighted by atomic mass is 10.1. The second-order valence-corrected chi connectivity index (χ2v) is 6.80. The highest BCUT2D eigenvalue weighted by Crippen LogP contribution is 2.23. The molecule has 0 aliphatic carbocycles. The number of halogens is 3. The highest BCUT2D eigenvalue weighted by atomic mass is 19.4. The van der Waals surface area contributed by atoms with Gasteiger partial charge in [-0.25, -0.2) is 9.67 Å². The molecule has 0 bridgehead atoms. The molecule has 0 aliphatic rings. The van der Waals surface area contributed by atoms with E-state index < -0.39 is 12.8 Å². The van der Waals surface area contributed by atoms with Gasteiger partial charge in [0.15, 0.2) is 12.6 Å². The fourth-order valence-corrected chi connectivity index (χ4v) is 2.80. The maximum absolute atomic E-state index is 12.5. The maximum atomic E-state index is 12.5. The first-order valence-electron chi connectivity index (χ1n) is 9.51. The quantitative estimate of drug-likeness (QED) is 0.442. The first-order valence-corrected chi connectivity index (χ1v) is 9.51. The Morgan fingerprint density at radius 2 is 1.84 bits per heavy atom. The number of benzene rings is 2. The number of rotatable bonds is 7. The average molecular weight is 432 g/mol. The Morgan fingerprint density at radius 1 is 1.10 bits per heavy atom. The molecule has 3 rings (SSSR count). The molecule has 3 aromatic rings. The van der Waals surface area contributed by atoms with Crippen molar-refractivity contribution in [2.45, 2.75) is 26.2 Å². The molecule has 0 amide bonds. The molecule has 0 aliphatic heterocycles. The summed E-state index contributed by atoms with van der Waals surface area (Å²) in [5.41, 5.74) is 3.35. The van der Waals surface area contributed by atoms with Gasteiger partial charge in [-0.15, -0.1) is 0 Å². The minimum absolute atomic E-state index is 0.198. The predicted octanol–water partition coefficient (Wildman–Crippen LogP) is 3.38. The van der Waals surface area contributed by atoms with Gasteiger partial charge in [-0.1, -0.05) is 24.3 Å². The molecule has 2 aromatic carbocycles. The molecule has 0 unspecified atom stereocenters. The number of hydrogen-bond donors (Lipinski definition) is 2. The van der Waals surface area contributed by atoms with Crippen LogP contribution in [0.1, 0.15) is 16.7 Å². The predicted molar refractivity (Wildman–Crippen MR) is 111 cm³/mol. The lowest BCUT2D eigenvalue weighted by Crippen LogP contribution is -2.36. The van der Waals surface area contributed by atoms with Crippen molar-refractivity contribution in [3.8, 4) is 11.4 Å². The van der Waals surface area contributed by atoms with Crippen LogP contribution in [0.3, 0.4) is 0 Å². The summed E-state index contributed by atoms with van der Waals surface area (Å²) < 4.78 is 44.2. The van der Waals surface area contributed by atoms with Gasteiger partial charge >= 0.3 is 6.18 Å². The number of ether oxygens (including phenoxy) is 1. The maximum Gasteiger partial charge on any atom is 0.422 e.